The molecule has 5 nitrogen and oxygen atoms in total. The molecule has 1 saturated carbocycles. The van der Waals surface area contributed by atoms with Gasteiger partial charge >= 0.3 is 0 Å². The second kappa shape index (κ2) is 8.83. The van der Waals surface area contributed by atoms with Crippen LogP contribution in [0.5, 0.6) is 0 Å². The zero-order valence-corrected chi connectivity index (χ0v) is 18.7. The van der Waals surface area contributed by atoms with Crippen molar-refractivity contribution in [2.45, 2.75) is 57.4 Å². The van der Waals surface area contributed by atoms with Gasteiger partial charge in [-0.25, -0.2) is 0 Å². The van der Waals surface area contributed by atoms with Gasteiger partial charge in [-0.15, -0.1) is 0 Å². The number of rotatable bonds is 5. The summed E-state index contributed by atoms with van der Waals surface area (Å²) in [4.78, 5) is 29.4. The second-order valence-corrected chi connectivity index (χ2v) is 8.94. The third kappa shape index (κ3) is 3.87. The molecular formula is C26H32N2O3. The van der Waals surface area contributed by atoms with E-state index in [0.717, 1.165) is 48.9 Å². The number of amides is 2. The van der Waals surface area contributed by atoms with Gasteiger partial charge in [0.05, 0.1) is 18.1 Å². The van der Waals surface area contributed by atoms with Crippen LogP contribution in [0.25, 0.3) is 0 Å². The Balaban J connectivity index is 1.80. The lowest BCUT2D eigenvalue weighted by molar-refractivity contribution is -0.122. The van der Waals surface area contributed by atoms with Crippen LogP contribution in [0.2, 0.25) is 0 Å². The van der Waals surface area contributed by atoms with Gasteiger partial charge in [-0.2, -0.15) is 0 Å². The first-order valence-electron chi connectivity index (χ1n) is 11.3. The number of nitrogens with zero attached hydrogens (tertiary/aromatic N) is 1. The van der Waals surface area contributed by atoms with Crippen LogP contribution < -0.4 is 5.32 Å². The van der Waals surface area contributed by atoms with E-state index in [2.05, 4.69) is 11.4 Å². The first kappa shape index (κ1) is 21.6. The Morgan fingerprint density at radius 2 is 1.87 bits per heavy atom. The molecule has 2 aromatic carbocycles. The van der Waals surface area contributed by atoms with Crippen molar-refractivity contribution in [1.29, 1.82) is 0 Å². The second-order valence-electron chi connectivity index (χ2n) is 8.94. The number of carbonyl (C=O) groups is 2. The number of anilines is 1. The summed E-state index contributed by atoms with van der Waals surface area (Å²) in [6.07, 6.45) is 4.85. The van der Waals surface area contributed by atoms with Gasteiger partial charge in [0.15, 0.2) is 0 Å². The predicted molar refractivity (Wildman–Crippen MR) is 122 cm³/mol. The summed E-state index contributed by atoms with van der Waals surface area (Å²) in [5, 5.41) is 3.20. The van der Waals surface area contributed by atoms with Crippen molar-refractivity contribution in [3.63, 3.8) is 0 Å². The minimum Gasteiger partial charge on any atom is -0.383 e. The van der Waals surface area contributed by atoms with E-state index in [9.17, 15) is 9.59 Å². The Morgan fingerprint density at radius 1 is 1.13 bits per heavy atom. The van der Waals surface area contributed by atoms with Crippen molar-refractivity contribution in [2.24, 2.45) is 0 Å². The topological polar surface area (TPSA) is 58.6 Å². The van der Waals surface area contributed by atoms with Crippen LogP contribution in [0.3, 0.4) is 0 Å². The normalized spacial score (nSPS) is 19.9. The van der Waals surface area contributed by atoms with Crippen LogP contribution in [0, 0.1) is 13.8 Å². The number of ether oxygens (including phenoxy) is 1. The molecule has 1 fully saturated rings. The van der Waals surface area contributed by atoms with Crippen LogP contribution >= 0.6 is 0 Å². The van der Waals surface area contributed by atoms with E-state index in [-0.39, 0.29) is 11.8 Å². The molecule has 1 atom stereocenters. The molecule has 1 N–H and O–H groups in total. The summed E-state index contributed by atoms with van der Waals surface area (Å²) >= 11 is 0. The fourth-order valence-electron chi connectivity index (χ4n) is 5.51. The molecule has 2 aromatic rings. The molecule has 0 radical (unpaired) electrons. The SMILES string of the molecule is COCCN1C(=O)c2ccccc2C(C(=O)Nc2ccc(C)cc2C)C12CCCCC2. The van der Waals surface area contributed by atoms with E-state index in [1.54, 1.807) is 7.11 Å². The third-order valence-electron chi connectivity index (χ3n) is 6.96. The molecule has 0 aromatic heterocycles. The van der Waals surface area contributed by atoms with Gasteiger partial charge in [-0.3, -0.25) is 9.59 Å². The molecule has 0 saturated heterocycles. The Hall–Kier alpha value is -2.66. The largest absolute Gasteiger partial charge is 0.383 e. The highest BCUT2D eigenvalue weighted by Crippen LogP contribution is 2.49. The van der Waals surface area contributed by atoms with Gasteiger partial charge in [0.25, 0.3) is 5.91 Å². The quantitative estimate of drug-likeness (QED) is 0.754. The van der Waals surface area contributed by atoms with Crippen molar-refractivity contribution >= 4 is 17.5 Å². The number of fused-ring (bicyclic) bond motifs is 1. The van der Waals surface area contributed by atoms with Crippen molar-refractivity contribution in [2.75, 3.05) is 25.6 Å². The Labute approximate surface area is 184 Å². The lowest BCUT2D eigenvalue weighted by Crippen LogP contribution is -2.62. The van der Waals surface area contributed by atoms with Gasteiger partial charge in [-0.05, 0) is 49.9 Å². The van der Waals surface area contributed by atoms with Gasteiger partial charge in [-0.1, -0.05) is 55.2 Å². The highest BCUT2D eigenvalue weighted by Gasteiger charge is 2.54. The maximum atomic E-state index is 13.9. The molecule has 2 amide bonds. The fourth-order valence-corrected chi connectivity index (χ4v) is 5.51. The summed E-state index contributed by atoms with van der Waals surface area (Å²) in [5.74, 6) is -0.416. The van der Waals surface area contributed by atoms with Crippen molar-refractivity contribution in [3.05, 3.63) is 64.7 Å². The molecule has 1 spiro atoms. The molecule has 31 heavy (non-hydrogen) atoms. The predicted octanol–water partition coefficient (Wildman–Crippen LogP) is 4.83. The molecule has 164 valence electrons. The highest BCUT2D eigenvalue weighted by molar-refractivity contribution is 6.05. The van der Waals surface area contributed by atoms with Crippen LogP contribution in [0.1, 0.15) is 65.1 Å². The van der Waals surface area contributed by atoms with Crippen LogP contribution in [0.4, 0.5) is 5.69 Å². The molecule has 1 aliphatic carbocycles. The number of methoxy groups -OCH3 is 1. The van der Waals surface area contributed by atoms with Crippen LogP contribution in [0.15, 0.2) is 42.5 Å². The number of carbonyl (C=O) groups excluding carboxylic acids is 2. The monoisotopic (exact) mass is 420 g/mol. The number of benzene rings is 2. The number of hydrogen-bond acceptors (Lipinski definition) is 3. The van der Waals surface area contributed by atoms with Crippen molar-refractivity contribution in [1.82, 2.24) is 4.90 Å². The zero-order chi connectivity index (χ0) is 22.0. The first-order chi connectivity index (χ1) is 15.0. The Morgan fingerprint density at radius 3 is 2.58 bits per heavy atom. The maximum Gasteiger partial charge on any atom is 0.254 e. The summed E-state index contributed by atoms with van der Waals surface area (Å²) in [6.45, 7) is 5.02. The maximum absolute atomic E-state index is 13.9. The summed E-state index contributed by atoms with van der Waals surface area (Å²) in [7, 11) is 1.65. The van der Waals surface area contributed by atoms with E-state index < -0.39 is 11.5 Å². The molecule has 0 bridgehead atoms. The average molecular weight is 421 g/mol. The lowest BCUT2D eigenvalue weighted by Gasteiger charge is -2.53. The highest BCUT2D eigenvalue weighted by atomic mass is 16.5. The van der Waals surface area contributed by atoms with Crippen molar-refractivity contribution < 1.29 is 14.3 Å². The van der Waals surface area contributed by atoms with Crippen LogP contribution in [-0.2, 0) is 9.53 Å². The molecule has 1 aliphatic heterocycles. The standard InChI is InChI=1S/C26H32N2O3/c1-18-11-12-22(19(2)17-18)27-24(29)23-20-9-5-6-10-21(20)25(30)28(15-16-31-3)26(23)13-7-4-8-14-26/h5-6,9-12,17,23H,4,7-8,13-16H2,1-3H3,(H,27,29). The number of aryl methyl sites for hydroxylation is 2. The average Bonchev–Trinajstić information content (AvgIpc) is 2.76. The van der Waals surface area contributed by atoms with Gasteiger partial charge < -0.3 is 15.0 Å². The minimum absolute atomic E-state index is 0.0186. The minimum atomic E-state index is -0.509. The van der Waals surface area contributed by atoms with Gasteiger partial charge in [0.2, 0.25) is 5.91 Å². The first-order valence-corrected chi connectivity index (χ1v) is 11.3. The van der Waals surface area contributed by atoms with Gasteiger partial charge in [0, 0.05) is 24.9 Å². The molecule has 4 rings (SSSR count). The van der Waals surface area contributed by atoms with Crippen LogP contribution in [-0.4, -0.2) is 42.5 Å². The van der Waals surface area contributed by atoms with Gasteiger partial charge in [0.1, 0.15) is 0 Å². The molecule has 1 heterocycles. The summed E-state index contributed by atoms with van der Waals surface area (Å²) in [5.41, 5.74) is 4.02. The third-order valence-corrected chi connectivity index (χ3v) is 6.96. The number of hydrogen-bond donors (Lipinski definition) is 1. The number of nitrogens with one attached hydrogen (secondary N) is 1. The summed E-state index contributed by atoms with van der Waals surface area (Å²) < 4.78 is 5.34. The van der Waals surface area contributed by atoms with E-state index in [4.69, 9.17) is 4.74 Å². The zero-order valence-electron chi connectivity index (χ0n) is 18.7. The lowest BCUT2D eigenvalue weighted by atomic mass is 9.65. The molecule has 2 aliphatic rings. The van der Waals surface area contributed by atoms with E-state index in [0.29, 0.717) is 18.7 Å². The van der Waals surface area contributed by atoms with E-state index >= 15 is 0 Å². The smallest absolute Gasteiger partial charge is 0.254 e. The molecule has 5 heteroatoms. The Kier molecular flexibility index (Phi) is 6.15. The fraction of sp³-hybridized carbons (Fsp3) is 0.462. The molecular weight excluding hydrogens is 388 g/mol. The van der Waals surface area contributed by atoms with Crippen molar-refractivity contribution in [3.8, 4) is 0 Å². The van der Waals surface area contributed by atoms with E-state index in [1.165, 1.54) is 5.56 Å². The summed E-state index contributed by atoms with van der Waals surface area (Å²) in [6, 6.07) is 13.7. The Bertz CT molecular complexity index is 978. The molecule has 1 unspecified atom stereocenters. The van der Waals surface area contributed by atoms with E-state index in [1.807, 2.05) is 55.1 Å².